The smallest absolute Gasteiger partial charge is 0.330 e. The highest BCUT2D eigenvalue weighted by atomic mass is 19.1. The fraction of sp³-hybridized carbons (Fsp3) is 0.360. The van der Waals surface area contributed by atoms with Crippen molar-refractivity contribution >= 4 is 18.3 Å². The highest BCUT2D eigenvalue weighted by molar-refractivity contribution is 5.87. The van der Waals surface area contributed by atoms with Crippen LogP contribution in [0.1, 0.15) is 59.4 Å². The van der Waals surface area contributed by atoms with Crippen molar-refractivity contribution in [1.82, 2.24) is 4.90 Å². The fourth-order valence-corrected chi connectivity index (χ4v) is 4.33. The van der Waals surface area contributed by atoms with E-state index in [2.05, 4.69) is 4.74 Å². The molecule has 0 saturated heterocycles. The molecule has 8 heteroatoms. The van der Waals surface area contributed by atoms with Crippen LogP contribution in [0.25, 0.3) is 6.08 Å². The van der Waals surface area contributed by atoms with Crippen molar-refractivity contribution in [2.45, 2.75) is 44.9 Å². The number of phenols is 1. The molecule has 2 aromatic carbocycles. The molecule has 0 saturated carbocycles. The molecule has 2 atom stereocenters. The van der Waals surface area contributed by atoms with Crippen molar-refractivity contribution in [1.29, 1.82) is 0 Å². The van der Waals surface area contributed by atoms with Crippen LogP contribution in [0.2, 0.25) is 0 Å². The number of benzene rings is 2. The SMILES string of the molecule is COC(=O)/C=C/c1cc(F)c([C@H]2c3ccc(O)c(C=O)c3C[C@H](C)N2CC(C)(C)F)c(F)c1. The number of aldehydes is 1. The van der Waals surface area contributed by atoms with Gasteiger partial charge in [-0.25, -0.2) is 18.0 Å². The number of aromatic hydroxyl groups is 1. The van der Waals surface area contributed by atoms with Gasteiger partial charge in [-0.05, 0) is 68.2 Å². The van der Waals surface area contributed by atoms with Gasteiger partial charge in [-0.2, -0.15) is 0 Å². The number of esters is 1. The Kier molecular flexibility index (Phi) is 6.97. The van der Waals surface area contributed by atoms with Crippen LogP contribution in [-0.4, -0.2) is 47.6 Å². The number of hydrogen-bond donors (Lipinski definition) is 1. The number of nitrogens with zero attached hydrogens (tertiary/aromatic N) is 1. The molecule has 0 aliphatic carbocycles. The number of hydrogen-bond acceptors (Lipinski definition) is 5. The largest absolute Gasteiger partial charge is 0.507 e. The van der Waals surface area contributed by atoms with Crippen LogP contribution < -0.4 is 0 Å². The molecule has 0 unspecified atom stereocenters. The number of carbonyl (C=O) groups excluding carboxylic acids is 2. The lowest BCUT2D eigenvalue weighted by Gasteiger charge is -2.44. The third-order valence-corrected chi connectivity index (χ3v) is 5.73. The van der Waals surface area contributed by atoms with Gasteiger partial charge in [0.05, 0.1) is 18.7 Å². The summed E-state index contributed by atoms with van der Waals surface area (Å²) in [5, 5.41) is 10.1. The van der Waals surface area contributed by atoms with E-state index >= 15 is 8.78 Å². The summed E-state index contributed by atoms with van der Waals surface area (Å²) >= 11 is 0. The second kappa shape index (κ2) is 9.39. The molecule has 3 rings (SSSR count). The van der Waals surface area contributed by atoms with Crippen LogP contribution in [0.4, 0.5) is 13.2 Å². The van der Waals surface area contributed by atoms with E-state index in [1.54, 1.807) is 11.8 Å². The quantitative estimate of drug-likeness (QED) is 0.382. The van der Waals surface area contributed by atoms with E-state index in [1.807, 2.05) is 0 Å². The van der Waals surface area contributed by atoms with E-state index in [0.717, 1.165) is 18.2 Å². The molecule has 2 aromatic rings. The van der Waals surface area contributed by atoms with Crippen LogP contribution in [0.5, 0.6) is 5.75 Å². The normalized spacial score (nSPS) is 18.9. The van der Waals surface area contributed by atoms with E-state index in [0.29, 0.717) is 23.8 Å². The first-order valence-corrected chi connectivity index (χ1v) is 10.5. The van der Waals surface area contributed by atoms with Crippen LogP contribution >= 0.6 is 0 Å². The van der Waals surface area contributed by atoms with Gasteiger partial charge in [0.1, 0.15) is 23.1 Å². The summed E-state index contributed by atoms with van der Waals surface area (Å²) in [6, 6.07) is 3.56. The van der Waals surface area contributed by atoms with Gasteiger partial charge in [0, 0.05) is 24.2 Å². The topological polar surface area (TPSA) is 66.8 Å². The molecule has 0 amide bonds. The van der Waals surface area contributed by atoms with E-state index in [-0.39, 0.29) is 35.0 Å². The first-order valence-electron chi connectivity index (χ1n) is 10.5. The van der Waals surface area contributed by atoms with Crippen molar-refractivity contribution in [2.75, 3.05) is 13.7 Å². The van der Waals surface area contributed by atoms with Crippen molar-refractivity contribution in [3.8, 4) is 5.75 Å². The zero-order valence-corrected chi connectivity index (χ0v) is 18.9. The van der Waals surface area contributed by atoms with E-state index in [4.69, 9.17) is 0 Å². The summed E-state index contributed by atoms with van der Waals surface area (Å²) in [4.78, 5) is 24.6. The highest BCUT2D eigenvalue weighted by Gasteiger charge is 2.40. The van der Waals surface area contributed by atoms with E-state index in [1.165, 1.54) is 39.2 Å². The van der Waals surface area contributed by atoms with Crippen molar-refractivity contribution in [2.24, 2.45) is 0 Å². The van der Waals surface area contributed by atoms with Gasteiger partial charge in [-0.3, -0.25) is 9.69 Å². The van der Waals surface area contributed by atoms with Gasteiger partial charge in [-0.1, -0.05) is 6.07 Å². The van der Waals surface area contributed by atoms with Crippen molar-refractivity contribution < 1.29 is 32.6 Å². The van der Waals surface area contributed by atoms with Gasteiger partial charge in [-0.15, -0.1) is 0 Å². The van der Waals surface area contributed by atoms with Gasteiger partial charge >= 0.3 is 5.97 Å². The van der Waals surface area contributed by atoms with Crippen molar-refractivity contribution in [3.63, 3.8) is 0 Å². The molecule has 0 fully saturated rings. The number of phenolic OH excluding ortho intramolecular Hbond substituents is 1. The molecule has 1 aliphatic rings. The Morgan fingerprint density at radius 3 is 2.45 bits per heavy atom. The molecule has 0 spiro atoms. The molecule has 176 valence electrons. The zero-order chi connectivity index (χ0) is 24.5. The first kappa shape index (κ1) is 24.5. The molecule has 1 N–H and O–H groups in total. The van der Waals surface area contributed by atoms with Crippen LogP contribution in [0.3, 0.4) is 0 Å². The number of alkyl halides is 1. The van der Waals surface area contributed by atoms with E-state index in [9.17, 15) is 19.1 Å². The minimum absolute atomic E-state index is 0.0574. The lowest BCUT2D eigenvalue weighted by molar-refractivity contribution is -0.134. The van der Waals surface area contributed by atoms with E-state index < -0.39 is 29.3 Å². The lowest BCUT2D eigenvalue weighted by atomic mass is 9.81. The second-order valence-corrected chi connectivity index (χ2v) is 8.79. The summed E-state index contributed by atoms with van der Waals surface area (Å²) in [5.41, 5.74) is -0.895. The summed E-state index contributed by atoms with van der Waals surface area (Å²) in [7, 11) is 1.19. The Balaban J connectivity index is 2.22. The van der Waals surface area contributed by atoms with Crippen LogP contribution in [0, 0.1) is 11.6 Å². The van der Waals surface area contributed by atoms with Gasteiger partial charge in [0.15, 0.2) is 6.29 Å². The van der Waals surface area contributed by atoms with Gasteiger partial charge in [0.2, 0.25) is 0 Å². The molecule has 0 radical (unpaired) electrons. The highest BCUT2D eigenvalue weighted by Crippen LogP contribution is 2.43. The molecule has 1 aliphatic heterocycles. The average molecular weight is 461 g/mol. The number of halogens is 3. The Morgan fingerprint density at radius 1 is 1.27 bits per heavy atom. The summed E-state index contributed by atoms with van der Waals surface area (Å²) < 4.78 is 49.9. The van der Waals surface area contributed by atoms with Gasteiger partial charge in [0.25, 0.3) is 0 Å². The number of carbonyl (C=O) groups is 2. The molecule has 1 heterocycles. The number of methoxy groups -OCH3 is 1. The van der Waals surface area contributed by atoms with Crippen LogP contribution in [-0.2, 0) is 16.0 Å². The maximum absolute atomic E-state index is 15.4. The Labute approximate surface area is 190 Å². The maximum atomic E-state index is 15.4. The molecule has 33 heavy (non-hydrogen) atoms. The monoisotopic (exact) mass is 461 g/mol. The fourth-order valence-electron chi connectivity index (χ4n) is 4.33. The molecule has 5 nitrogen and oxygen atoms in total. The summed E-state index contributed by atoms with van der Waals surface area (Å²) in [6.45, 7) is 4.43. The number of fused-ring (bicyclic) bond motifs is 1. The minimum atomic E-state index is -1.66. The third-order valence-electron chi connectivity index (χ3n) is 5.73. The Bertz CT molecular complexity index is 1080. The summed E-state index contributed by atoms with van der Waals surface area (Å²) in [6.07, 6.45) is 3.08. The second-order valence-electron chi connectivity index (χ2n) is 8.79. The first-order chi connectivity index (χ1) is 15.5. The zero-order valence-electron chi connectivity index (χ0n) is 18.9. The third kappa shape index (κ3) is 5.11. The predicted octanol–water partition coefficient (Wildman–Crippen LogP) is 4.75. The molecular weight excluding hydrogens is 435 g/mol. The van der Waals surface area contributed by atoms with Gasteiger partial charge < -0.3 is 9.84 Å². The molecule has 0 aromatic heterocycles. The maximum Gasteiger partial charge on any atom is 0.330 e. The minimum Gasteiger partial charge on any atom is -0.507 e. The standard InChI is InChI=1S/C25H26F3NO4/c1-14-9-17-16(6-7-21(31)18(17)12-30)24(29(14)13-25(2,3)28)23-19(26)10-15(11-20(23)27)5-8-22(32)33-4/h5-8,10-12,14,24,31H,9,13H2,1-4H3/b8-5+/t14-,24+/m0/s1. The lowest BCUT2D eigenvalue weighted by Crippen LogP contribution is -2.48. The Morgan fingerprint density at radius 2 is 1.91 bits per heavy atom. The molecular formula is C25H26F3NO4. The van der Waals surface area contributed by atoms with Crippen LogP contribution in [0.15, 0.2) is 30.3 Å². The Hall–Kier alpha value is -3.13. The predicted molar refractivity (Wildman–Crippen MR) is 118 cm³/mol. The number of ether oxygens (including phenoxy) is 1. The summed E-state index contributed by atoms with van der Waals surface area (Å²) in [5.74, 6) is -2.66. The van der Waals surface area contributed by atoms with Crippen molar-refractivity contribution in [3.05, 3.63) is 69.8 Å². The number of rotatable bonds is 6. The molecule has 0 bridgehead atoms. The average Bonchev–Trinajstić information content (AvgIpc) is 2.72.